The van der Waals surface area contributed by atoms with Gasteiger partial charge < -0.3 is 10.2 Å². The summed E-state index contributed by atoms with van der Waals surface area (Å²) in [7, 11) is 0. The number of carbonyl (C=O) groups is 4. The summed E-state index contributed by atoms with van der Waals surface area (Å²) >= 11 is 0. The maximum Gasteiger partial charge on any atom is 0.449 e. The van der Waals surface area contributed by atoms with E-state index in [0.717, 1.165) is 19.3 Å². The first-order valence-corrected chi connectivity index (χ1v) is 13.6. The third-order valence-electron chi connectivity index (χ3n) is 8.64. The molecule has 38 heavy (non-hydrogen) atoms. The van der Waals surface area contributed by atoms with Crippen LogP contribution in [0.4, 0.5) is 13.2 Å². The zero-order chi connectivity index (χ0) is 28.6. The van der Waals surface area contributed by atoms with Crippen LogP contribution < -0.4 is 5.32 Å². The monoisotopic (exact) mass is 539 g/mol. The number of Topliss-reactive ketones (excluding diaryl/α,β-unsaturated/α-hetero) is 2. The summed E-state index contributed by atoms with van der Waals surface area (Å²) in [6.07, 6.45) is -1.50. The van der Waals surface area contributed by atoms with Crippen molar-refractivity contribution in [2.24, 2.45) is 34.5 Å². The highest BCUT2D eigenvalue weighted by Crippen LogP contribution is 2.44. The van der Waals surface area contributed by atoms with Gasteiger partial charge in [-0.05, 0) is 48.3 Å². The van der Waals surface area contributed by atoms with Gasteiger partial charge in [0.05, 0.1) is 12.0 Å². The molecule has 0 aromatic carbocycles. The molecule has 1 heterocycles. The summed E-state index contributed by atoms with van der Waals surface area (Å²) in [6.45, 7) is 9.06. The Morgan fingerprint density at radius 2 is 1.79 bits per heavy atom. The van der Waals surface area contributed by atoms with Gasteiger partial charge in [-0.15, -0.1) is 0 Å². The number of likely N-dealkylation sites (tertiary alicyclic amines) is 1. The largest absolute Gasteiger partial charge is 0.449 e. The fourth-order valence-electron chi connectivity index (χ4n) is 6.67. The number of nitrogens with zero attached hydrogens (tertiary/aromatic N) is 2. The molecule has 0 radical (unpaired) electrons. The van der Waals surface area contributed by atoms with Gasteiger partial charge in [-0.2, -0.15) is 18.4 Å². The quantitative estimate of drug-likeness (QED) is 0.509. The third-order valence-corrected chi connectivity index (χ3v) is 8.64. The first-order valence-electron chi connectivity index (χ1n) is 13.6. The molecule has 1 saturated heterocycles. The Morgan fingerprint density at radius 3 is 2.32 bits per heavy atom. The predicted molar refractivity (Wildman–Crippen MR) is 133 cm³/mol. The molecule has 6 atom stereocenters. The minimum atomic E-state index is -5.05. The van der Waals surface area contributed by atoms with E-state index < -0.39 is 53.6 Å². The fourth-order valence-corrected chi connectivity index (χ4v) is 6.67. The lowest BCUT2D eigenvalue weighted by atomic mass is 9.76. The van der Waals surface area contributed by atoms with Crippen molar-refractivity contribution in [1.82, 2.24) is 10.2 Å². The molecule has 7 nitrogen and oxygen atoms in total. The van der Waals surface area contributed by atoms with Gasteiger partial charge in [0.2, 0.25) is 17.6 Å². The van der Waals surface area contributed by atoms with Crippen molar-refractivity contribution in [2.45, 2.75) is 104 Å². The molecule has 10 heteroatoms. The second-order valence-electron chi connectivity index (χ2n) is 13.3. The van der Waals surface area contributed by atoms with Crippen molar-refractivity contribution in [3.63, 3.8) is 0 Å². The van der Waals surface area contributed by atoms with E-state index in [9.17, 15) is 37.6 Å². The molecule has 0 aromatic rings. The van der Waals surface area contributed by atoms with Gasteiger partial charge in [0.15, 0.2) is 0 Å². The summed E-state index contributed by atoms with van der Waals surface area (Å²) in [5.41, 5.74) is -1.11. The summed E-state index contributed by atoms with van der Waals surface area (Å²) in [5.74, 6) is -4.77. The molecule has 0 bridgehead atoms. The van der Waals surface area contributed by atoms with Crippen molar-refractivity contribution in [3.05, 3.63) is 0 Å². The van der Waals surface area contributed by atoms with E-state index in [1.54, 1.807) is 20.8 Å². The molecule has 6 unspecified atom stereocenters. The number of ketones is 2. The normalized spacial score (nSPS) is 28.8. The number of rotatable bonds is 7. The Labute approximate surface area is 222 Å². The highest BCUT2D eigenvalue weighted by atomic mass is 19.4. The van der Waals surface area contributed by atoms with E-state index in [1.807, 2.05) is 13.8 Å². The number of hydrogen-bond acceptors (Lipinski definition) is 5. The third kappa shape index (κ3) is 6.76. The van der Waals surface area contributed by atoms with Crippen LogP contribution in [-0.2, 0) is 19.2 Å². The van der Waals surface area contributed by atoms with Gasteiger partial charge in [0.1, 0.15) is 17.9 Å². The van der Waals surface area contributed by atoms with Crippen LogP contribution in [0.3, 0.4) is 0 Å². The molecule has 2 aliphatic carbocycles. The zero-order valence-electron chi connectivity index (χ0n) is 23.0. The van der Waals surface area contributed by atoms with Crippen LogP contribution in [0.1, 0.15) is 86.0 Å². The second-order valence-corrected chi connectivity index (χ2v) is 13.3. The highest BCUT2D eigenvalue weighted by Gasteiger charge is 2.52. The number of nitrogens with one attached hydrogen (secondary N) is 1. The molecular formula is C28H40F3N3O4. The van der Waals surface area contributed by atoms with Gasteiger partial charge >= 0.3 is 6.18 Å². The van der Waals surface area contributed by atoms with E-state index in [-0.39, 0.29) is 41.9 Å². The number of halogens is 3. The Hall–Kier alpha value is -2.44. The van der Waals surface area contributed by atoms with Crippen molar-refractivity contribution in [3.8, 4) is 6.07 Å². The lowest BCUT2D eigenvalue weighted by Gasteiger charge is -2.36. The molecule has 3 rings (SSSR count). The number of fused-ring (bicyclic) bond motifs is 1. The van der Waals surface area contributed by atoms with Crippen LogP contribution in [0.5, 0.6) is 0 Å². The summed E-state index contributed by atoms with van der Waals surface area (Å²) in [4.78, 5) is 53.1. The highest BCUT2D eigenvalue weighted by molar-refractivity contribution is 5.93. The topological polar surface area (TPSA) is 107 Å². The van der Waals surface area contributed by atoms with Crippen LogP contribution in [-0.4, -0.2) is 53.1 Å². The average Bonchev–Trinajstić information content (AvgIpc) is 3.30. The van der Waals surface area contributed by atoms with Crippen LogP contribution in [0.2, 0.25) is 0 Å². The summed E-state index contributed by atoms with van der Waals surface area (Å²) < 4.78 is 39.3. The van der Waals surface area contributed by atoms with Gasteiger partial charge in [-0.3, -0.25) is 19.2 Å². The summed E-state index contributed by atoms with van der Waals surface area (Å²) in [6, 6.07) is 0.233. The van der Waals surface area contributed by atoms with Crippen molar-refractivity contribution < 1.29 is 32.3 Å². The molecule has 212 valence electrons. The van der Waals surface area contributed by atoms with Crippen LogP contribution in [0.25, 0.3) is 0 Å². The predicted octanol–water partition coefficient (Wildman–Crippen LogP) is 4.59. The smallest absolute Gasteiger partial charge is 0.339 e. The molecule has 3 fully saturated rings. The zero-order valence-corrected chi connectivity index (χ0v) is 23.0. The van der Waals surface area contributed by atoms with Gasteiger partial charge in [-0.25, -0.2) is 0 Å². The first-order chi connectivity index (χ1) is 17.4. The molecule has 3 aliphatic rings. The maximum atomic E-state index is 13.8. The summed E-state index contributed by atoms with van der Waals surface area (Å²) in [5, 5.41) is 12.5. The van der Waals surface area contributed by atoms with Crippen LogP contribution >= 0.6 is 0 Å². The van der Waals surface area contributed by atoms with Gasteiger partial charge in [0.25, 0.3) is 0 Å². The first kappa shape index (κ1) is 30.1. The van der Waals surface area contributed by atoms with Crippen molar-refractivity contribution in [1.29, 1.82) is 5.26 Å². The molecule has 1 N–H and O–H groups in total. The van der Waals surface area contributed by atoms with Crippen molar-refractivity contribution in [2.75, 3.05) is 6.54 Å². The molecular weight excluding hydrogens is 499 g/mol. The van der Waals surface area contributed by atoms with Crippen molar-refractivity contribution >= 4 is 23.4 Å². The number of carbonyl (C=O) groups excluding carboxylic acids is 4. The number of nitriles is 1. The molecule has 2 saturated carbocycles. The fraction of sp³-hybridized carbons (Fsp3) is 0.821. The number of amides is 2. The number of hydrogen-bond donors (Lipinski definition) is 1. The van der Waals surface area contributed by atoms with E-state index in [1.165, 1.54) is 4.90 Å². The Kier molecular flexibility index (Phi) is 8.69. The van der Waals surface area contributed by atoms with E-state index >= 15 is 0 Å². The standard InChI is InChI=1S/C28H40F3N3O4/c1-26(2,3)20(11-22(36)28(29,30)31)25(38)34-15-16-8-6-7-9-19(16)23(34)24(37)33-18(14-32)10-17-12-27(4,5)13-21(17)35/h16-20,23H,6-13,15H2,1-5H3,(H,33,37). The molecule has 0 aromatic heterocycles. The van der Waals surface area contributed by atoms with E-state index in [4.69, 9.17) is 0 Å². The number of alkyl halides is 3. The minimum absolute atomic E-state index is 0.0279. The van der Waals surface area contributed by atoms with Gasteiger partial charge in [0, 0.05) is 25.3 Å². The molecule has 0 spiro atoms. The minimum Gasteiger partial charge on any atom is -0.339 e. The second kappa shape index (κ2) is 11.0. The SMILES string of the molecule is CC1(C)CC(=O)C(CC(C#N)NC(=O)C2C3CCCCC3CN2C(=O)C(CC(=O)C(F)(F)F)C(C)(C)C)C1. The average molecular weight is 540 g/mol. The lowest BCUT2D eigenvalue weighted by Crippen LogP contribution is -2.54. The Morgan fingerprint density at radius 1 is 1.16 bits per heavy atom. The van der Waals surface area contributed by atoms with Crippen LogP contribution in [0, 0.1) is 45.8 Å². The lowest BCUT2D eigenvalue weighted by molar-refractivity contribution is -0.174. The Bertz CT molecular complexity index is 995. The van der Waals surface area contributed by atoms with Gasteiger partial charge in [-0.1, -0.05) is 47.5 Å². The van der Waals surface area contributed by atoms with E-state index in [2.05, 4.69) is 11.4 Å². The van der Waals surface area contributed by atoms with Crippen LogP contribution in [0.15, 0.2) is 0 Å². The maximum absolute atomic E-state index is 13.8. The Balaban J connectivity index is 1.83. The molecule has 1 aliphatic heterocycles. The van der Waals surface area contributed by atoms with E-state index in [0.29, 0.717) is 19.3 Å². The molecule has 2 amide bonds.